The highest BCUT2D eigenvalue weighted by Gasteiger charge is 2.33. The second-order valence-corrected chi connectivity index (χ2v) is 8.01. The number of rotatable bonds is 5. The third-order valence-corrected chi connectivity index (χ3v) is 5.48. The molecule has 1 aliphatic heterocycles. The minimum Gasteiger partial charge on any atom is -0.508 e. The van der Waals surface area contributed by atoms with E-state index in [1.54, 1.807) is 30.3 Å². The van der Waals surface area contributed by atoms with Crippen molar-refractivity contribution in [3.05, 3.63) is 63.5 Å². The number of carbonyl (C=O) groups is 3. The van der Waals surface area contributed by atoms with Crippen LogP contribution in [0, 0.1) is 0 Å². The molecule has 1 fully saturated rings. The number of aromatic hydroxyl groups is 1. The second-order valence-electron chi connectivity index (χ2n) is 5.90. The molecule has 29 heavy (non-hydrogen) atoms. The molecule has 0 atom stereocenters. The zero-order valence-electron chi connectivity index (χ0n) is 14.6. The highest BCUT2D eigenvalue weighted by atomic mass is 35.5. The number of nitrogens with one attached hydrogen (secondary N) is 1. The maximum atomic E-state index is 12.6. The molecule has 0 saturated carbocycles. The number of nitrogens with zero attached hydrogens (tertiary/aromatic N) is 1. The highest BCUT2D eigenvalue weighted by molar-refractivity contribution is 8.26. The van der Waals surface area contributed by atoms with Gasteiger partial charge in [-0.15, -0.1) is 0 Å². The normalized spacial score (nSPS) is 15.1. The van der Waals surface area contributed by atoms with Gasteiger partial charge in [-0.3, -0.25) is 14.5 Å². The average molecular weight is 449 g/mol. The molecule has 0 aliphatic carbocycles. The number of aromatic carboxylic acids is 1. The number of carboxylic acids is 1. The van der Waals surface area contributed by atoms with Gasteiger partial charge in [0, 0.05) is 5.02 Å². The summed E-state index contributed by atoms with van der Waals surface area (Å²) in [6.07, 6.45) is 1.65. The van der Waals surface area contributed by atoms with Gasteiger partial charge in [0.2, 0.25) is 5.91 Å². The summed E-state index contributed by atoms with van der Waals surface area (Å²) >= 11 is 12.1. The number of phenols is 1. The van der Waals surface area contributed by atoms with Crippen LogP contribution in [0.1, 0.15) is 15.9 Å². The van der Waals surface area contributed by atoms with Crippen molar-refractivity contribution in [1.29, 1.82) is 0 Å². The first kappa shape index (κ1) is 20.8. The Balaban J connectivity index is 1.73. The number of hydrogen-bond donors (Lipinski definition) is 3. The fraction of sp³-hybridized carbons (Fsp3) is 0.0526. The third-order valence-electron chi connectivity index (χ3n) is 3.85. The van der Waals surface area contributed by atoms with Crippen molar-refractivity contribution in [3.8, 4) is 5.75 Å². The van der Waals surface area contributed by atoms with Crippen LogP contribution >= 0.6 is 35.6 Å². The Kier molecular flexibility index (Phi) is 6.21. The van der Waals surface area contributed by atoms with Gasteiger partial charge in [-0.2, -0.15) is 0 Å². The number of phenolic OH excluding ortho intramolecular Hbond substituents is 1. The van der Waals surface area contributed by atoms with E-state index >= 15 is 0 Å². The van der Waals surface area contributed by atoms with E-state index in [9.17, 15) is 24.6 Å². The standard InChI is InChI=1S/C19H13ClN2O5S2/c20-11-3-1-10(2-4-11)7-15-17(25)22(19(28)29-15)9-16(24)21-14-6-5-12(23)8-13(14)18(26)27/h1-8,23H,9H2,(H,21,24)(H,26,27). The first-order chi connectivity index (χ1) is 13.7. The molecule has 0 aromatic heterocycles. The summed E-state index contributed by atoms with van der Waals surface area (Å²) in [4.78, 5) is 37.7. The largest absolute Gasteiger partial charge is 0.508 e. The maximum absolute atomic E-state index is 12.6. The number of hydrogen-bond acceptors (Lipinski definition) is 6. The number of carboxylic acid groups (broad SMARTS) is 1. The second kappa shape index (κ2) is 8.64. The van der Waals surface area contributed by atoms with E-state index in [1.165, 1.54) is 12.1 Å². The molecule has 1 aliphatic rings. The summed E-state index contributed by atoms with van der Waals surface area (Å²) in [6.45, 7) is -0.372. The number of thiocarbonyl (C=S) groups is 1. The molecule has 1 heterocycles. The van der Waals surface area contributed by atoms with Gasteiger partial charge in [0.05, 0.1) is 16.2 Å². The minimum atomic E-state index is -1.31. The van der Waals surface area contributed by atoms with E-state index in [4.69, 9.17) is 23.8 Å². The molecule has 10 heteroatoms. The molecule has 3 rings (SSSR count). The number of halogens is 1. The number of benzene rings is 2. The van der Waals surface area contributed by atoms with Crippen molar-refractivity contribution in [1.82, 2.24) is 4.90 Å². The molecular formula is C19H13ClN2O5S2. The molecular weight excluding hydrogens is 436 g/mol. The lowest BCUT2D eigenvalue weighted by Crippen LogP contribution is -2.36. The number of carbonyl (C=O) groups excluding carboxylic acids is 2. The minimum absolute atomic E-state index is 0.00227. The monoisotopic (exact) mass is 448 g/mol. The van der Waals surface area contributed by atoms with E-state index in [2.05, 4.69) is 5.32 Å². The number of thioether (sulfide) groups is 1. The van der Waals surface area contributed by atoms with E-state index < -0.39 is 17.8 Å². The Morgan fingerprint density at radius 3 is 2.55 bits per heavy atom. The maximum Gasteiger partial charge on any atom is 0.337 e. The van der Waals surface area contributed by atoms with Gasteiger partial charge >= 0.3 is 5.97 Å². The molecule has 7 nitrogen and oxygen atoms in total. The van der Waals surface area contributed by atoms with Crippen LogP contribution in [-0.2, 0) is 9.59 Å². The lowest BCUT2D eigenvalue weighted by Gasteiger charge is -2.15. The van der Waals surface area contributed by atoms with E-state index in [-0.39, 0.29) is 27.9 Å². The van der Waals surface area contributed by atoms with Gasteiger partial charge in [0.25, 0.3) is 5.91 Å². The fourth-order valence-electron chi connectivity index (χ4n) is 2.50. The van der Waals surface area contributed by atoms with Gasteiger partial charge < -0.3 is 15.5 Å². The third kappa shape index (κ3) is 4.94. The summed E-state index contributed by atoms with van der Waals surface area (Å²) in [5.41, 5.74) is 0.489. The van der Waals surface area contributed by atoms with Gasteiger partial charge in [0.15, 0.2) is 0 Å². The molecule has 2 aromatic carbocycles. The van der Waals surface area contributed by atoms with Crippen molar-refractivity contribution >= 4 is 69.4 Å². The van der Waals surface area contributed by atoms with Crippen molar-refractivity contribution < 1.29 is 24.6 Å². The Labute approximate surface area is 180 Å². The lowest BCUT2D eigenvalue weighted by molar-refractivity contribution is -0.126. The van der Waals surface area contributed by atoms with Crippen molar-refractivity contribution in [3.63, 3.8) is 0 Å². The van der Waals surface area contributed by atoms with Gasteiger partial charge in [0.1, 0.15) is 16.6 Å². The van der Waals surface area contributed by atoms with Crippen LogP contribution in [0.25, 0.3) is 6.08 Å². The number of amides is 2. The molecule has 0 bridgehead atoms. The highest BCUT2D eigenvalue weighted by Crippen LogP contribution is 2.32. The van der Waals surface area contributed by atoms with Crippen LogP contribution in [0.2, 0.25) is 5.02 Å². The Bertz CT molecular complexity index is 1050. The molecule has 0 unspecified atom stereocenters. The number of anilines is 1. The van der Waals surface area contributed by atoms with Crippen molar-refractivity contribution in [2.24, 2.45) is 0 Å². The van der Waals surface area contributed by atoms with Crippen LogP contribution in [-0.4, -0.2) is 43.8 Å². The van der Waals surface area contributed by atoms with Gasteiger partial charge in [-0.1, -0.05) is 47.7 Å². The van der Waals surface area contributed by atoms with Crippen LogP contribution in [0.15, 0.2) is 47.4 Å². The zero-order chi connectivity index (χ0) is 21.1. The van der Waals surface area contributed by atoms with Crippen LogP contribution in [0.5, 0.6) is 5.75 Å². The van der Waals surface area contributed by atoms with Gasteiger partial charge in [-0.05, 0) is 42.0 Å². The van der Waals surface area contributed by atoms with E-state index in [0.29, 0.717) is 9.93 Å². The van der Waals surface area contributed by atoms with Crippen molar-refractivity contribution in [2.45, 2.75) is 0 Å². The van der Waals surface area contributed by atoms with Crippen LogP contribution in [0.3, 0.4) is 0 Å². The summed E-state index contributed by atoms with van der Waals surface area (Å²) in [7, 11) is 0. The lowest BCUT2D eigenvalue weighted by atomic mass is 10.1. The first-order valence-electron chi connectivity index (χ1n) is 8.11. The predicted molar refractivity (Wildman–Crippen MR) is 115 cm³/mol. The predicted octanol–water partition coefficient (Wildman–Crippen LogP) is 3.58. The summed E-state index contributed by atoms with van der Waals surface area (Å²) in [6, 6.07) is 10.4. The Hall–Kier alpha value is -2.88. The molecule has 2 aromatic rings. The molecule has 0 radical (unpaired) electrons. The van der Waals surface area contributed by atoms with E-state index in [0.717, 1.165) is 28.3 Å². The van der Waals surface area contributed by atoms with E-state index in [1.807, 2.05) is 0 Å². The first-order valence-corrected chi connectivity index (χ1v) is 9.72. The smallest absolute Gasteiger partial charge is 0.337 e. The Morgan fingerprint density at radius 1 is 1.21 bits per heavy atom. The molecule has 1 saturated heterocycles. The Morgan fingerprint density at radius 2 is 1.90 bits per heavy atom. The summed E-state index contributed by atoms with van der Waals surface area (Å²) in [5.74, 6) is -2.60. The molecule has 2 amide bonds. The topological polar surface area (TPSA) is 107 Å². The summed E-state index contributed by atoms with van der Waals surface area (Å²) < 4.78 is 0.217. The van der Waals surface area contributed by atoms with Crippen LogP contribution in [0.4, 0.5) is 5.69 Å². The molecule has 148 valence electrons. The molecule has 0 spiro atoms. The SMILES string of the molecule is O=C(CN1C(=O)C(=Cc2ccc(Cl)cc2)SC1=S)Nc1ccc(O)cc1C(=O)O. The van der Waals surface area contributed by atoms with Gasteiger partial charge in [-0.25, -0.2) is 4.79 Å². The average Bonchev–Trinajstić information content (AvgIpc) is 2.92. The summed E-state index contributed by atoms with van der Waals surface area (Å²) in [5, 5.41) is 21.6. The molecule has 3 N–H and O–H groups in total. The quantitative estimate of drug-likeness (QED) is 0.364. The van der Waals surface area contributed by atoms with Crippen LogP contribution < -0.4 is 5.32 Å². The van der Waals surface area contributed by atoms with Crippen molar-refractivity contribution in [2.75, 3.05) is 11.9 Å². The zero-order valence-corrected chi connectivity index (χ0v) is 17.0. The fourth-order valence-corrected chi connectivity index (χ4v) is 3.88.